The van der Waals surface area contributed by atoms with Gasteiger partial charge in [-0.2, -0.15) is 10.2 Å². The second-order valence-corrected chi connectivity index (χ2v) is 5.51. The summed E-state index contributed by atoms with van der Waals surface area (Å²) in [6.45, 7) is 3.60. The smallest absolute Gasteiger partial charge is 0.356 e. The molecule has 1 aromatic carbocycles. The van der Waals surface area contributed by atoms with Crippen molar-refractivity contribution in [3.8, 4) is 17.2 Å². The van der Waals surface area contributed by atoms with Crippen LogP contribution in [0.5, 0.6) is 17.2 Å². The Kier molecular flexibility index (Phi) is 6.41. The largest absolute Gasteiger partial charge is 0.493 e. The Morgan fingerprint density at radius 1 is 1.22 bits per heavy atom. The van der Waals surface area contributed by atoms with Gasteiger partial charge < -0.3 is 14.2 Å². The van der Waals surface area contributed by atoms with Crippen molar-refractivity contribution in [1.29, 1.82) is 0 Å². The second-order valence-electron chi connectivity index (χ2n) is 5.51. The molecule has 0 spiro atoms. The van der Waals surface area contributed by atoms with Gasteiger partial charge in [0.05, 0.1) is 39.3 Å². The Balaban J connectivity index is 2.10. The lowest BCUT2D eigenvalue weighted by atomic mass is 10.1. The molecule has 4 amide bonds. The van der Waals surface area contributed by atoms with Crippen molar-refractivity contribution < 1.29 is 23.8 Å². The topological polar surface area (TPSA) is 126 Å². The number of hydrogen-bond acceptors (Lipinski definition) is 7. The lowest BCUT2D eigenvalue weighted by Crippen LogP contribution is -2.56. The van der Waals surface area contributed by atoms with E-state index in [1.54, 1.807) is 26.0 Å². The highest BCUT2D eigenvalue weighted by Gasteiger charge is 2.20. The lowest BCUT2D eigenvalue weighted by molar-refractivity contribution is 0.173. The van der Waals surface area contributed by atoms with E-state index >= 15 is 0 Å². The Labute approximate surface area is 156 Å². The summed E-state index contributed by atoms with van der Waals surface area (Å²) in [7, 11) is 4.53. The average Bonchev–Trinajstić information content (AvgIpc) is 2.67. The standard InChI is InChI=1S/C16H22N6O5/c1-9-8-22(16(24)20-17-9)21-15(23)19-18-10(2)11-6-12(25-3)14(27-5)13(7-11)26-4/h6-7H,8H2,1-5H3,(H,20,24)(H2,19,21,23)/b18-10+. The average molecular weight is 378 g/mol. The number of nitrogens with zero attached hydrogens (tertiary/aromatic N) is 3. The van der Waals surface area contributed by atoms with Crippen LogP contribution in [0.3, 0.4) is 0 Å². The second kappa shape index (κ2) is 8.74. The molecule has 0 radical (unpaired) electrons. The van der Waals surface area contributed by atoms with Gasteiger partial charge in [-0.3, -0.25) is 0 Å². The number of methoxy groups -OCH3 is 3. The van der Waals surface area contributed by atoms with E-state index in [2.05, 4.69) is 26.5 Å². The zero-order chi connectivity index (χ0) is 20.0. The first-order valence-corrected chi connectivity index (χ1v) is 7.91. The Morgan fingerprint density at radius 2 is 1.85 bits per heavy atom. The highest BCUT2D eigenvalue weighted by molar-refractivity contribution is 6.00. The fourth-order valence-corrected chi connectivity index (χ4v) is 2.27. The fraction of sp³-hybridized carbons (Fsp3) is 0.375. The van der Waals surface area contributed by atoms with Crippen molar-refractivity contribution in [2.45, 2.75) is 13.8 Å². The minimum absolute atomic E-state index is 0.175. The number of amides is 4. The SMILES string of the molecule is COc1cc(/C(C)=N/NC(=O)NN2CC(C)=NNC2=O)cc(OC)c1OC. The van der Waals surface area contributed by atoms with Gasteiger partial charge in [-0.15, -0.1) is 0 Å². The van der Waals surface area contributed by atoms with Gasteiger partial charge >= 0.3 is 12.1 Å². The van der Waals surface area contributed by atoms with Crippen LogP contribution in [0, 0.1) is 0 Å². The van der Waals surface area contributed by atoms with Crippen LogP contribution in [-0.2, 0) is 0 Å². The zero-order valence-electron chi connectivity index (χ0n) is 15.7. The summed E-state index contributed by atoms with van der Waals surface area (Å²) < 4.78 is 15.9. The summed E-state index contributed by atoms with van der Waals surface area (Å²) >= 11 is 0. The van der Waals surface area contributed by atoms with E-state index < -0.39 is 12.1 Å². The highest BCUT2D eigenvalue weighted by Crippen LogP contribution is 2.38. The van der Waals surface area contributed by atoms with Crippen molar-refractivity contribution in [2.24, 2.45) is 10.2 Å². The third-order valence-electron chi connectivity index (χ3n) is 3.62. The minimum Gasteiger partial charge on any atom is -0.493 e. The van der Waals surface area contributed by atoms with Gasteiger partial charge in [-0.05, 0) is 26.0 Å². The van der Waals surface area contributed by atoms with Gasteiger partial charge in [0.25, 0.3) is 0 Å². The first-order valence-electron chi connectivity index (χ1n) is 7.91. The van der Waals surface area contributed by atoms with Gasteiger partial charge in [0.1, 0.15) is 0 Å². The monoisotopic (exact) mass is 378 g/mol. The normalized spacial score (nSPS) is 14.1. The van der Waals surface area contributed by atoms with Crippen LogP contribution >= 0.6 is 0 Å². The van der Waals surface area contributed by atoms with Crippen LogP contribution in [0.1, 0.15) is 19.4 Å². The van der Waals surface area contributed by atoms with Crippen LogP contribution in [0.25, 0.3) is 0 Å². The van der Waals surface area contributed by atoms with Gasteiger partial charge in [0.2, 0.25) is 5.75 Å². The van der Waals surface area contributed by atoms with Crippen molar-refractivity contribution in [1.82, 2.24) is 21.3 Å². The van der Waals surface area contributed by atoms with E-state index in [1.165, 1.54) is 21.3 Å². The number of nitrogens with one attached hydrogen (secondary N) is 3. The first-order chi connectivity index (χ1) is 12.9. The lowest BCUT2D eigenvalue weighted by Gasteiger charge is -2.25. The maximum absolute atomic E-state index is 12.0. The molecule has 0 atom stereocenters. The fourth-order valence-electron chi connectivity index (χ4n) is 2.27. The van der Waals surface area contributed by atoms with Crippen LogP contribution in [0.4, 0.5) is 9.59 Å². The van der Waals surface area contributed by atoms with Crippen LogP contribution in [0.15, 0.2) is 22.3 Å². The van der Waals surface area contributed by atoms with Crippen LogP contribution in [0.2, 0.25) is 0 Å². The molecular formula is C16H22N6O5. The maximum Gasteiger partial charge on any atom is 0.356 e. The molecule has 1 aliphatic heterocycles. The van der Waals surface area contributed by atoms with Crippen molar-refractivity contribution in [3.63, 3.8) is 0 Å². The Bertz CT molecular complexity index is 767. The summed E-state index contributed by atoms with van der Waals surface area (Å²) in [6, 6.07) is 2.20. The molecular weight excluding hydrogens is 356 g/mol. The van der Waals surface area contributed by atoms with E-state index in [0.717, 1.165) is 5.01 Å². The quantitative estimate of drug-likeness (QED) is 0.504. The number of hydrazone groups is 2. The molecule has 2 rings (SSSR count). The molecule has 1 aliphatic rings. The first kappa shape index (κ1) is 19.8. The summed E-state index contributed by atoms with van der Waals surface area (Å²) in [5, 5.41) is 8.88. The number of carbonyl (C=O) groups is 2. The molecule has 0 saturated carbocycles. The van der Waals surface area contributed by atoms with E-state index in [9.17, 15) is 9.59 Å². The molecule has 0 fully saturated rings. The Morgan fingerprint density at radius 3 is 2.41 bits per heavy atom. The minimum atomic E-state index is -0.674. The number of urea groups is 2. The van der Waals surface area contributed by atoms with E-state index in [1.807, 2.05) is 0 Å². The molecule has 0 aliphatic carbocycles. The molecule has 146 valence electrons. The number of ether oxygens (including phenoxy) is 3. The number of hydrazine groups is 1. The maximum atomic E-state index is 12.0. The van der Waals surface area contributed by atoms with Crippen molar-refractivity contribution in [3.05, 3.63) is 17.7 Å². The molecule has 0 unspecified atom stereocenters. The summed E-state index contributed by atoms with van der Waals surface area (Å²) in [5.41, 5.74) is 8.78. The van der Waals surface area contributed by atoms with E-state index in [-0.39, 0.29) is 6.54 Å². The molecule has 0 bridgehead atoms. The summed E-state index contributed by atoms with van der Waals surface area (Å²) in [6.07, 6.45) is 0. The molecule has 0 aromatic heterocycles. The summed E-state index contributed by atoms with van der Waals surface area (Å²) in [4.78, 5) is 23.6. The van der Waals surface area contributed by atoms with Gasteiger partial charge in [-0.25, -0.2) is 30.9 Å². The molecule has 27 heavy (non-hydrogen) atoms. The van der Waals surface area contributed by atoms with E-state index in [4.69, 9.17) is 14.2 Å². The van der Waals surface area contributed by atoms with Gasteiger partial charge in [-0.1, -0.05) is 0 Å². The van der Waals surface area contributed by atoms with Crippen LogP contribution < -0.4 is 30.5 Å². The number of carbonyl (C=O) groups excluding carboxylic acids is 2. The third kappa shape index (κ3) is 4.77. The molecule has 1 aromatic rings. The molecule has 11 heteroatoms. The van der Waals surface area contributed by atoms with Gasteiger partial charge in [0, 0.05) is 5.56 Å². The van der Waals surface area contributed by atoms with Gasteiger partial charge in [0.15, 0.2) is 11.5 Å². The molecule has 0 saturated heterocycles. The molecule has 1 heterocycles. The van der Waals surface area contributed by atoms with Crippen molar-refractivity contribution >= 4 is 23.5 Å². The number of hydrogen-bond donors (Lipinski definition) is 3. The predicted molar refractivity (Wildman–Crippen MR) is 98.3 cm³/mol. The highest BCUT2D eigenvalue weighted by atomic mass is 16.5. The zero-order valence-corrected chi connectivity index (χ0v) is 15.7. The predicted octanol–water partition coefficient (Wildman–Crippen LogP) is 1.05. The third-order valence-corrected chi connectivity index (χ3v) is 3.62. The number of benzene rings is 1. The molecule has 11 nitrogen and oxygen atoms in total. The Hall–Kier alpha value is -3.50. The van der Waals surface area contributed by atoms with Crippen molar-refractivity contribution in [2.75, 3.05) is 27.9 Å². The molecule has 3 N–H and O–H groups in total. The van der Waals surface area contributed by atoms with Crippen LogP contribution in [-0.4, -0.2) is 56.4 Å². The number of rotatable bonds is 6. The summed E-state index contributed by atoms with van der Waals surface area (Å²) in [5.74, 6) is 1.38. The van der Waals surface area contributed by atoms with E-state index in [0.29, 0.717) is 34.2 Å².